The van der Waals surface area contributed by atoms with Crippen LogP contribution >= 0.6 is 0 Å². The Morgan fingerprint density at radius 3 is 2.30 bits per heavy atom. The fourth-order valence-corrected chi connectivity index (χ4v) is 3.17. The summed E-state index contributed by atoms with van der Waals surface area (Å²) in [5.74, 6) is -2.24. The van der Waals surface area contributed by atoms with Crippen molar-refractivity contribution < 1.29 is 28.2 Å². The summed E-state index contributed by atoms with van der Waals surface area (Å²) in [4.78, 5) is 25.7. The van der Waals surface area contributed by atoms with Gasteiger partial charge < -0.3 is 20.1 Å². The molecule has 0 aromatic heterocycles. The van der Waals surface area contributed by atoms with Gasteiger partial charge in [0.1, 0.15) is 17.4 Å². The number of halogens is 2. The van der Waals surface area contributed by atoms with E-state index in [1.54, 1.807) is 29.2 Å². The van der Waals surface area contributed by atoms with Crippen LogP contribution in [0.25, 0.3) is 0 Å². The summed E-state index contributed by atoms with van der Waals surface area (Å²) < 4.78 is 32.7. The Morgan fingerprint density at radius 2 is 1.70 bits per heavy atom. The molecule has 33 heavy (non-hydrogen) atoms. The Balaban J connectivity index is 2.09. The van der Waals surface area contributed by atoms with Crippen molar-refractivity contribution in [3.05, 3.63) is 59.7 Å². The molecule has 2 rings (SSSR count). The molecule has 0 fully saturated rings. The topological polar surface area (TPSA) is 78.9 Å². The second-order valence-electron chi connectivity index (χ2n) is 8.45. The normalized spacial score (nSPS) is 11.2. The highest BCUT2D eigenvalue weighted by Crippen LogP contribution is 2.21. The summed E-state index contributed by atoms with van der Waals surface area (Å²) in [6.07, 6.45) is 5.08. The van der Waals surface area contributed by atoms with Gasteiger partial charge in [-0.25, -0.2) is 18.4 Å². The number of unbranched alkanes of at least 4 members (excludes halogenated alkanes) is 4. The van der Waals surface area contributed by atoms with Crippen LogP contribution in [0.3, 0.4) is 0 Å². The lowest BCUT2D eigenvalue weighted by Gasteiger charge is -2.24. The van der Waals surface area contributed by atoms with Crippen molar-refractivity contribution in [1.82, 2.24) is 4.90 Å². The van der Waals surface area contributed by atoms with Crippen molar-refractivity contribution in [2.75, 3.05) is 11.9 Å². The minimum Gasteiger partial charge on any atom is -0.478 e. The van der Waals surface area contributed by atoms with Crippen LogP contribution in [0.4, 0.5) is 19.3 Å². The number of nitrogens with one attached hydrogen (secondary N) is 1. The van der Waals surface area contributed by atoms with E-state index in [0.717, 1.165) is 49.8 Å². The molecule has 0 unspecified atom stereocenters. The molecule has 0 spiro atoms. The molecule has 180 valence electrons. The maximum atomic E-state index is 14.0. The second kappa shape index (κ2) is 12.2. The standard InChI is InChI=1S/C25H32F2N2O4/c1-4-5-6-7-8-15-29(24(32)28-22-14-11-19(26)16-21(22)27)17-18-9-12-20(13-10-18)33-25(2,3)23(30)31/h9-14,16H,4-8,15,17H2,1-3H3,(H,28,32)(H,30,31). The van der Waals surface area contributed by atoms with E-state index in [1.807, 2.05) is 0 Å². The summed E-state index contributed by atoms with van der Waals surface area (Å²) in [5, 5.41) is 11.7. The van der Waals surface area contributed by atoms with Crippen LogP contribution < -0.4 is 10.1 Å². The van der Waals surface area contributed by atoms with Crippen LogP contribution in [0.5, 0.6) is 5.75 Å². The monoisotopic (exact) mass is 462 g/mol. The number of hydrogen-bond acceptors (Lipinski definition) is 3. The van der Waals surface area contributed by atoms with Gasteiger partial charge in [0.05, 0.1) is 5.69 Å². The third kappa shape index (κ3) is 8.36. The number of hydrogen-bond donors (Lipinski definition) is 2. The number of ether oxygens (including phenoxy) is 1. The average Bonchev–Trinajstić information content (AvgIpc) is 2.75. The summed E-state index contributed by atoms with van der Waals surface area (Å²) in [6, 6.07) is 9.33. The number of benzene rings is 2. The molecule has 2 amide bonds. The Kier molecular flexibility index (Phi) is 9.63. The largest absolute Gasteiger partial charge is 0.478 e. The summed E-state index contributed by atoms with van der Waals surface area (Å²) in [5.41, 5.74) is -0.652. The van der Waals surface area contributed by atoms with Gasteiger partial charge in [0.2, 0.25) is 0 Å². The number of amides is 2. The summed E-state index contributed by atoms with van der Waals surface area (Å²) in [6.45, 7) is 5.79. The molecule has 2 aromatic rings. The number of carbonyl (C=O) groups excluding carboxylic acids is 1. The lowest BCUT2D eigenvalue weighted by Crippen LogP contribution is -2.37. The Labute approximate surface area is 193 Å². The molecule has 0 saturated carbocycles. The van der Waals surface area contributed by atoms with Crippen molar-refractivity contribution in [3.8, 4) is 5.75 Å². The van der Waals surface area contributed by atoms with Crippen LogP contribution in [0.1, 0.15) is 58.4 Å². The van der Waals surface area contributed by atoms with Crippen molar-refractivity contribution in [3.63, 3.8) is 0 Å². The highest BCUT2D eigenvalue weighted by atomic mass is 19.1. The molecular formula is C25H32F2N2O4. The Hall–Kier alpha value is -3.16. The highest BCUT2D eigenvalue weighted by Gasteiger charge is 2.29. The van der Waals surface area contributed by atoms with Crippen LogP contribution in [0, 0.1) is 11.6 Å². The molecule has 8 heteroatoms. The first kappa shape index (κ1) is 26.1. The molecule has 0 aliphatic rings. The predicted octanol–water partition coefficient (Wildman–Crippen LogP) is 6.21. The van der Waals surface area contributed by atoms with E-state index in [9.17, 15) is 23.5 Å². The fraction of sp³-hybridized carbons (Fsp3) is 0.440. The average molecular weight is 463 g/mol. The third-order valence-electron chi connectivity index (χ3n) is 5.18. The number of carbonyl (C=O) groups is 2. The number of anilines is 1. The molecule has 0 bridgehead atoms. The number of nitrogens with zero attached hydrogens (tertiary/aromatic N) is 1. The number of carboxylic acid groups (broad SMARTS) is 1. The van der Waals surface area contributed by atoms with Gasteiger partial charge in [0.15, 0.2) is 5.60 Å². The Bertz CT molecular complexity index is 933. The zero-order valence-electron chi connectivity index (χ0n) is 19.4. The predicted molar refractivity (Wildman–Crippen MR) is 123 cm³/mol. The minimum atomic E-state index is -1.37. The molecule has 2 N–H and O–H groups in total. The summed E-state index contributed by atoms with van der Waals surface area (Å²) >= 11 is 0. The zero-order valence-corrected chi connectivity index (χ0v) is 19.4. The molecular weight excluding hydrogens is 430 g/mol. The van der Waals surface area contributed by atoms with E-state index in [-0.39, 0.29) is 12.2 Å². The number of urea groups is 1. The zero-order chi connectivity index (χ0) is 24.4. The van der Waals surface area contributed by atoms with Gasteiger partial charge in [-0.15, -0.1) is 0 Å². The molecule has 0 atom stereocenters. The smallest absolute Gasteiger partial charge is 0.347 e. The van der Waals surface area contributed by atoms with Crippen molar-refractivity contribution in [2.24, 2.45) is 0 Å². The van der Waals surface area contributed by atoms with E-state index >= 15 is 0 Å². The molecule has 0 aliphatic carbocycles. The van der Waals surface area contributed by atoms with E-state index in [4.69, 9.17) is 4.74 Å². The molecule has 6 nitrogen and oxygen atoms in total. The lowest BCUT2D eigenvalue weighted by molar-refractivity contribution is -0.152. The van der Waals surface area contributed by atoms with Crippen LogP contribution in [-0.4, -0.2) is 34.2 Å². The Morgan fingerprint density at radius 1 is 1.03 bits per heavy atom. The van der Waals surface area contributed by atoms with E-state index in [2.05, 4.69) is 12.2 Å². The first-order valence-corrected chi connectivity index (χ1v) is 11.1. The minimum absolute atomic E-state index is 0.0861. The molecule has 0 aliphatic heterocycles. The van der Waals surface area contributed by atoms with Gasteiger partial charge in [-0.05, 0) is 50.1 Å². The number of aliphatic carboxylic acids is 1. The van der Waals surface area contributed by atoms with Crippen LogP contribution in [0.15, 0.2) is 42.5 Å². The summed E-state index contributed by atoms with van der Waals surface area (Å²) in [7, 11) is 0. The number of rotatable bonds is 12. The van der Waals surface area contributed by atoms with Gasteiger partial charge in [-0.1, -0.05) is 44.7 Å². The fourth-order valence-electron chi connectivity index (χ4n) is 3.17. The van der Waals surface area contributed by atoms with Gasteiger partial charge in [-0.2, -0.15) is 0 Å². The van der Waals surface area contributed by atoms with Gasteiger partial charge >= 0.3 is 12.0 Å². The first-order chi connectivity index (χ1) is 15.6. The maximum absolute atomic E-state index is 14.0. The maximum Gasteiger partial charge on any atom is 0.347 e. The van der Waals surface area contributed by atoms with Gasteiger partial charge in [0.25, 0.3) is 0 Å². The van der Waals surface area contributed by atoms with Crippen molar-refractivity contribution >= 4 is 17.7 Å². The van der Waals surface area contributed by atoms with Crippen molar-refractivity contribution in [1.29, 1.82) is 0 Å². The molecule has 0 saturated heterocycles. The highest BCUT2D eigenvalue weighted by molar-refractivity contribution is 5.89. The van der Waals surface area contributed by atoms with E-state index < -0.39 is 29.2 Å². The SMILES string of the molecule is CCCCCCCN(Cc1ccc(OC(C)(C)C(=O)O)cc1)C(=O)Nc1ccc(F)cc1F. The number of carboxylic acids is 1. The van der Waals surface area contributed by atoms with E-state index in [0.29, 0.717) is 12.3 Å². The van der Waals surface area contributed by atoms with Crippen LogP contribution in [-0.2, 0) is 11.3 Å². The molecule has 0 radical (unpaired) electrons. The molecule has 2 aromatic carbocycles. The first-order valence-electron chi connectivity index (χ1n) is 11.1. The quantitative estimate of drug-likeness (QED) is 0.368. The third-order valence-corrected chi connectivity index (χ3v) is 5.18. The van der Waals surface area contributed by atoms with Gasteiger partial charge in [0, 0.05) is 19.2 Å². The van der Waals surface area contributed by atoms with Crippen molar-refractivity contribution in [2.45, 2.75) is 65.0 Å². The lowest BCUT2D eigenvalue weighted by atomic mass is 10.1. The second-order valence-corrected chi connectivity index (χ2v) is 8.45. The van der Waals surface area contributed by atoms with Crippen LogP contribution in [0.2, 0.25) is 0 Å². The molecule has 0 heterocycles. The van der Waals surface area contributed by atoms with Gasteiger partial charge in [-0.3, -0.25) is 0 Å². The van der Waals surface area contributed by atoms with E-state index in [1.165, 1.54) is 19.9 Å².